The summed E-state index contributed by atoms with van der Waals surface area (Å²) in [5.74, 6) is 2.64. The quantitative estimate of drug-likeness (QED) is 0.669. The van der Waals surface area contributed by atoms with E-state index in [-0.39, 0.29) is 0 Å². The van der Waals surface area contributed by atoms with Crippen molar-refractivity contribution in [3.63, 3.8) is 0 Å². The van der Waals surface area contributed by atoms with Gasteiger partial charge in [0.2, 0.25) is 0 Å². The molecule has 1 aliphatic heterocycles. The van der Waals surface area contributed by atoms with Gasteiger partial charge in [0.25, 0.3) is 0 Å². The van der Waals surface area contributed by atoms with Crippen molar-refractivity contribution in [3.8, 4) is 6.07 Å². The van der Waals surface area contributed by atoms with E-state index in [1.54, 1.807) is 0 Å². The molecule has 1 saturated carbocycles. The first-order chi connectivity index (χ1) is 15.0. The molecule has 0 saturated heterocycles. The number of hydrogen-bond donors (Lipinski definition) is 2. The number of allylic oxidation sites excluding steroid dienone is 1. The first-order valence-electron chi connectivity index (χ1n) is 11.9. The van der Waals surface area contributed by atoms with Gasteiger partial charge in [-0.1, -0.05) is 70.2 Å². The Bertz CT molecular complexity index is 954. The van der Waals surface area contributed by atoms with Crippen LogP contribution in [0.1, 0.15) is 75.5 Å². The van der Waals surface area contributed by atoms with Gasteiger partial charge < -0.3 is 10.6 Å². The van der Waals surface area contributed by atoms with Gasteiger partial charge in [0.05, 0.1) is 12.1 Å². The Balaban J connectivity index is 1.71. The van der Waals surface area contributed by atoms with Crippen molar-refractivity contribution >= 4 is 11.4 Å². The minimum atomic E-state index is 0.449. The molecule has 2 atom stereocenters. The molecule has 164 valence electrons. The Morgan fingerprint density at radius 2 is 2.03 bits per heavy atom. The summed E-state index contributed by atoms with van der Waals surface area (Å²) in [5.41, 5.74) is 6.84. The Kier molecular flexibility index (Phi) is 6.62. The number of nitrogens with one attached hydrogen (secondary N) is 2. The summed E-state index contributed by atoms with van der Waals surface area (Å²) in [4.78, 5) is 4.92. The molecular formula is C27H36N4. The first-order valence-corrected chi connectivity index (χ1v) is 11.9. The SMILES string of the molecule is Cc1ccc2c(c1)C(C#N)=C(C1=NCC(CNC(C)C)=CN1)CC(C1CCCC1)C2C. The van der Waals surface area contributed by atoms with Crippen molar-refractivity contribution in [2.75, 3.05) is 13.1 Å². The van der Waals surface area contributed by atoms with Gasteiger partial charge >= 0.3 is 0 Å². The molecular weight excluding hydrogens is 380 g/mol. The highest BCUT2D eigenvalue weighted by Crippen LogP contribution is 2.47. The maximum Gasteiger partial charge on any atom is 0.129 e. The molecule has 1 aromatic rings. The second kappa shape index (κ2) is 9.40. The number of aryl methyl sites for hydroxylation is 1. The summed E-state index contributed by atoms with van der Waals surface area (Å²) in [6, 6.07) is 9.71. The van der Waals surface area contributed by atoms with Crippen LogP contribution in [0.25, 0.3) is 5.57 Å². The second-order valence-electron chi connectivity index (χ2n) is 9.90. The Morgan fingerprint density at radius 1 is 1.26 bits per heavy atom. The van der Waals surface area contributed by atoms with Gasteiger partial charge in [-0.25, -0.2) is 0 Å². The monoisotopic (exact) mass is 416 g/mol. The average Bonchev–Trinajstić information content (AvgIpc) is 3.26. The molecule has 0 aromatic heterocycles. The lowest BCUT2D eigenvalue weighted by Crippen LogP contribution is -2.32. The molecule has 4 heteroatoms. The van der Waals surface area contributed by atoms with Crippen molar-refractivity contribution in [1.82, 2.24) is 10.6 Å². The molecule has 1 fully saturated rings. The van der Waals surface area contributed by atoms with Crippen molar-refractivity contribution < 1.29 is 0 Å². The predicted octanol–water partition coefficient (Wildman–Crippen LogP) is 5.47. The summed E-state index contributed by atoms with van der Waals surface area (Å²) in [6.07, 6.45) is 8.34. The van der Waals surface area contributed by atoms with Gasteiger partial charge in [-0.2, -0.15) is 5.26 Å². The third kappa shape index (κ3) is 4.62. The van der Waals surface area contributed by atoms with Crippen LogP contribution in [0.3, 0.4) is 0 Å². The molecule has 2 unspecified atom stereocenters. The molecule has 4 rings (SSSR count). The van der Waals surface area contributed by atoms with Crippen molar-refractivity contribution in [3.05, 3.63) is 52.2 Å². The van der Waals surface area contributed by atoms with Crippen LogP contribution in [0.2, 0.25) is 0 Å². The predicted molar refractivity (Wildman–Crippen MR) is 129 cm³/mol. The number of amidine groups is 1. The lowest BCUT2D eigenvalue weighted by molar-refractivity contribution is 0.296. The zero-order valence-corrected chi connectivity index (χ0v) is 19.5. The van der Waals surface area contributed by atoms with Gasteiger partial charge in [-0.05, 0) is 47.8 Å². The number of rotatable bonds is 5. The fourth-order valence-electron chi connectivity index (χ4n) is 5.56. The minimum Gasteiger partial charge on any atom is -0.347 e. The Labute approximate surface area is 187 Å². The average molecular weight is 417 g/mol. The maximum absolute atomic E-state index is 10.3. The summed E-state index contributed by atoms with van der Waals surface area (Å²) in [7, 11) is 0. The zero-order chi connectivity index (χ0) is 22.0. The maximum atomic E-state index is 10.3. The van der Waals surface area contributed by atoms with Crippen molar-refractivity contribution in [2.24, 2.45) is 16.8 Å². The number of hydrogen-bond acceptors (Lipinski definition) is 4. The molecule has 1 heterocycles. The van der Waals surface area contributed by atoms with Crippen LogP contribution in [-0.2, 0) is 0 Å². The smallest absolute Gasteiger partial charge is 0.129 e. The number of fused-ring (bicyclic) bond motifs is 1. The minimum absolute atomic E-state index is 0.449. The normalized spacial score (nSPS) is 24.3. The van der Waals surface area contributed by atoms with Crippen LogP contribution in [0.5, 0.6) is 0 Å². The van der Waals surface area contributed by atoms with E-state index in [2.05, 4.69) is 68.8 Å². The van der Waals surface area contributed by atoms with Gasteiger partial charge in [-0.3, -0.25) is 4.99 Å². The number of nitriles is 1. The highest BCUT2D eigenvalue weighted by molar-refractivity contribution is 6.08. The number of aliphatic imine (C=N–C) groups is 1. The van der Waals surface area contributed by atoms with E-state index in [0.29, 0.717) is 24.4 Å². The van der Waals surface area contributed by atoms with Crippen LogP contribution in [0.15, 0.2) is 40.5 Å². The number of nitrogens with zero attached hydrogens (tertiary/aromatic N) is 2. The highest BCUT2D eigenvalue weighted by Gasteiger charge is 2.36. The highest BCUT2D eigenvalue weighted by atomic mass is 15.0. The fourth-order valence-corrected chi connectivity index (χ4v) is 5.56. The van der Waals surface area contributed by atoms with E-state index in [9.17, 15) is 5.26 Å². The van der Waals surface area contributed by atoms with Gasteiger partial charge in [0.15, 0.2) is 0 Å². The fraction of sp³-hybridized carbons (Fsp3) is 0.556. The standard InChI is InChI=1S/C27H36N4/c1-17(2)29-14-20-15-30-27(31-16-20)25-12-23(21-7-5-6-8-21)19(4)22-10-9-18(3)11-24(22)26(25)13-28/h9-11,15,17,19,21,23,29H,5-8,12,14,16H2,1-4H3,(H,30,31). The molecule has 0 amide bonds. The lowest BCUT2D eigenvalue weighted by Gasteiger charge is -2.30. The Morgan fingerprint density at radius 3 is 2.68 bits per heavy atom. The summed E-state index contributed by atoms with van der Waals surface area (Å²) < 4.78 is 0. The molecule has 0 spiro atoms. The summed E-state index contributed by atoms with van der Waals surface area (Å²) in [6.45, 7) is 10.3. The van der Waals surface area contributed by atoms with Crippen LogP contribution in [-0.4, -0.2) is 25.0 Å². The lowest BCUT2D eigenvalue weighted by atomic mass is 9.75. The third-order valence-corrected chi connectivity index (χ3v) is 7.35. The zero-order valence-electron chi connectivity index (χ0n) is 19.5. The van der Waals surface area contributed by atoms with Crippen LogP contribution in [0.4, 0.5) is 0 Å². The van der Waals surface area contributed by atoms with E-state index in [0.717, 1.165) is 41.4 Å². The van der Waals surface area contributed by atoms with Crippen LogP contribution in [0, 0.1) is 30.1 Å². The van der Waals surface area contributed by atoms with Crippen LogP contribution < -0.4 is 10.6 Å². The van der Waals surface area contributed by atoms with Crippen LogP contribution >= 0.6 is 0 Å². The molecule has 2 N–H and O–H groups in total. The molecule has 2 aliphatic carbocycles. The molecule has 1 aromatic carbocycles. The van der Waals surface area contributed by atoms with E-state index in [4.69, 9.17) is 4.99 Å². The van der Waals surface area contributed by atoms with E-state index in [1.807, 2.05) is 0 Å². The van der Waals surface area contributed by atoms with Crippen molar-refractivity contribution in [1.29, 1.82) is 5.26 Å². The summed E-state index contributed by atoms with van der Waals surface area (Å²) in [5, 5.41) is 17.2. The van der Waals surface area contributed by atoms with Gasteiger partial charge in [0, 0.05) is 24.4 Å². The second-order valence-corrected chi connectivity index (χ2v) is 9.90. The topological polar surface area (TPSA) is 60.2 Å². The summed E-state index contributed by atoms with van der Waals surface area (Å²) >= 11 is 0. The number of benzene rings is 1. The molecule has 31 heavy (non-hydrogen) atoms. The van der Waals surface area contributed by atoms with Gasteiger partial charge in [-0.15, -0.1) is 0 Å². The van der Waals surface area contributed by atoms with E-state index < -0.39 is 0 Å². The third-order valence-electron chi connectivity index (χ3n) is 7.35. The Hall–Kier alpha value is -2.38. The first kappa shape index (κ1) is 21.8. The largest absolute Gasteiger partial charge is 0.347 e. The molecule has 0 radical (unpaired) electrons. The van der Waals surface area contributed by atoms with Gasteiger partial charge in [0.1, 0.15) is 11.9 Å². The molecule has 3 aliphatic rings. The molecule has 0 bridgehead atoms. The van der Waals surface area contributed by atoms with Crippen molar-refractivity contribution in [2.45, 2.75) is 71.8 Å². The van der Waals surface area contributed by atoms with E-state index >= 15 is 0 Å². The molecule has 4 nitrogen and oxygen atoms in total. The van der Waals surface area contributed by atoms with E-state index in [1.165, 1.54) is 42.4 Å².